The van der Waals surface area contributed by atoms with Crippen molar-refractivity contribution >= 4 is 10.0 Å². The molecule has 1 unspecified atom stereocenters. The van der Waals surface area contributed by atoms with Gasteiger partial charge in [0, 0.05) is 38.1 Å². The third-order valence-corrected chi connectivity index (χ3v) is 5.87. The highest BCUT2D eigenvalue weighted by molar-refractivity contribution is 7.89. The lowest BCUT2D eigenvalue weighted by atomic mass is 10.3. The van der Waals surface area contributed by atoms with E-state index in [1.807, 2.05) is 32.4 Å². The first-order valence-electron chi connectivity index (χ1n) is 7.76. The Balaban J connectivity index is 3.00. The van der Waals surface area contributed by atoms with Gasteiger partial charge >= 0.3 is 0 Å². The van der Waals surface area contributed by atoms with Gasteiger partial charge in [0.1, 0.15) is 4.90 Å². The Morgan fingerprint density at radius 2 is 2.00 bits per heavy atom. The molecule has 1 heterocycles. The van der Waals surface area contributed by atoms with Gasteiger partial charge in [-0.2, -0.15) is 4.31 Å². The second-order valence-corrected chi connectivity index (χ2v) is 7.31. The van der Waals surface area contributed by atoms with E-state index < -0.39 is 10.0 Å². The van der Waals surface area contributed by atoms with E-state index in [-0.39, 0.29) is 6.04 Å². The first-order chi connectivity index (χ1) is 9.88. The van der Waals surface area contributed by atoms with Crippen LogP contribution in [0.3, 0.4) is 0 Å². The van der Waals surface area contributed by atoms with E-state index in [2.05, 4.69) is 12.2 Å². The summed E-state index contributed by atoms with van der Waals surface area (Å²) in [6, 6.07) is 1.80. The standard InChI is InChI=1S/C15H29N3O2S/c1-6-9-16-11-14-10-15(12-17(14)5)21(19,20)18(8-3)13(4)7-2/h10,12-13,16H,6-9,11H2,1-5H3. The van der Waals surface area contributed by atoms with Gasteiger partial charge in [0.2, 0.25) is 10.0 Å². The summed E-state index contributed by atoms with van der Waals surface area (Å²) >= 11 is 0. The minimum Gasteiger partial charge on any atom is -0.352 e. The predicted molar refractivity (Wildman–Crippen MR) is 86.7 cm³/mol. The van der Waals surface area contributed by atoms with Gasteiger partial charge in [-0.1, -0.05) is 20.8 Å². The summed E-state index contributed by atoms with van der Waals surface area (Å²) in [6.07, 6.45) is 3.58. The zero-order valence-electron chi connectivity index (χ0n) is 13.9. The minimum atomic E-state index is -3.41. The molecule has 1 atom stereocenters. The molecule has 0 bridgehead atoms. The van der Waals surface area contributed by atoms with Crippen LogP contribution in [-0.4, -0.2) is 36.4 Å². The van der Waals surface area contributed by atoms with Crippen molar-refractivity contribution in [3.05, 3.63) is 18.0 Å². The van der Waals surface area contributed by atoms with Crippen molar-refractivity contribution < 1.29 is 8.42 Å². The van der Waals surface area contributed by atoms with Crippen LogP contribution >= 0.6 is 0 Å². The summed E-state index contributed by atoms with van der Waals surface area (Å²) < 4.78 is 29.0. The Morgan fingerprint density at radius 3 is 2.52 bits per heavy atom. The summed E-state index contributed by atoms with van der Waals surface area (Å²) in [5, 5.41) is 3.30. The average Bonchev–Trinajstić information content (AvgIpc) is 2.81. The molecule has 1 aromatic rings. The predicted octanol–water partition coefficient (Wildman–Crippen LogP) is 2.33. The third-order valence-electron chi connectivity index (χ3n) is 3.82. The van der Waals surface area contributed by atoms with E-state index in [1.165, 1.54) is 0 Å². The number of hydrogen-bond acceptors (Lipinski definition) is 3. The van der Waals surface area contributed by atoms with E-state index >= 15 is 0 Å². The fourth-order valence-corrected chi connectivity index (χ4v) is 4.15. The maximum absolute atomic E-state index is 12.8. The van der Waals surface area contributed by atoms with E-state index in [0.29, 0.717) is 18.0 Å². The van der Waals surface area contributed by atoms with Crippen LogP contribution in [0, 0.1) is 0 Å². The Hall–Kier alpha value is -0.850. The van der Waals surface area contributed by atoms with Crippen molar-refractivity contribution in [1.29, 1.82) is 0 Å². The van der Waals surface area contributed by atoms with Gasteiger partial charge < -0.3 is 9.88 Å². The summed E-state index contributed by atoms with van der Waals surface area (Å²) in [6.45, 7) is 10.1. The van der Waals surface area contributed by atoms with Crippen molar-refractivity contribution in [1.82, 2.24) is 14.2 Å². The smallest absolute Gasteiger partial charge is 0.244 e. The van der Waals surface area contributed by atoms with Gasteiger partial charge in [-0.3, -0.25) is 0 Å². The van der Waals surface area contributed by atoms with Crippen molar-refractivity contribution in [2.75, 3.05) is 13.1 Å². The molecule has 0 radical (unpaired) electrons. The van der Waals surface area contributed by atoms with E-state index in [9.17, 15) is 8.42 Å². The highest BCUT2D eigenvalue weighted by Gasteiger charge is 2.28. The van der Waals surface area contributed by atoms with E-state index in [4.69, 9.17) is 0 Å². The van der Waals surface area contributed by atoms with Gasteiger partial charge in [0.05, 0.1) is 0 Å². The molecule has 0 aliphatic carbocycles. The van der Waals surface area contributed by atoms with Gasteiger partial charge in [-0.05, 0) is 32.4 Å². The van der Waals surface area contributed by atoms with E-state index in [0.717, 1.165) is 25.1 Å². The molecular formula is C15H29N3O2S. The van der Waals surface area contributed by atoms with Crippen LogP contribution in [0.25, 0.3) is 0 Å². The molecule has 5 nitrogen and oxygen atoms in total. The molecule has 0 spiro atoms. The summed E-state index contributed by atoms with van der Waals surface area (Å²) in [5.74, 6) is 0. The van der Waals surface area contributed by atoms with Gasteiger partial charge in [-0.25, -0.2) is 8.42 Å². The maximum atomic E-state index is 12.8. The number of aryl methyl sites for hydroxylation is 1. The molecular weight excluding hydrogens is 286 g/mol. The monoisotopic (exact) mass is 315 g/mol. The van der Waals surface area contributed by atoms with Crippen molar-refractivity contribution in [2.24, 2.45) is 7.05 Å². The van der Waals surface area contributed by atoms with Crippen LogP contribution in [-0.2, 0) is 23.6 Å². The normalized spacial score (nSPS) is 13.8. The minimum absolute atomic E-state index is 0.0156. The summed E-state index contributed by atoms with van der Waals surface area (Å²) in [5.41, 5.74) is 0.988. The number of sulfonamides is 1. The molecule has 6 heteroatoms. The highest BCUT2D eigenvalue weighted by atomic mass is 32.2. The van der Waals surface area contributed by atoms with Gasteiger partial charge in [-0.15, -0.1) is 0 Å². The molecule has 0 fully saturated rings. The zero-order chi connectivity index (χ0) is 16.0. The lowest BCUT2D eigenvalue weighted by Gasteiger charge is -2.25. The second kappa shape index (κ2) is 7.96. The molecule has 0 saturated carbocycles. The Kier molecular flexibility index (Phi) is 6.90. The van der Waals surface area contributed by atoms with E-state index in [1.54, 1.807) is 16.6 Å². The number of nitrogens with one attached hydrogen (secondary N) is 1. The molecule has 0 aromatic carbocycles. The van der Waals surface area contributed by atoms with Gasteiger partial charge in [0.15, 0.2) is 0 Å². The summed E-state index contributed by atoms with van der Waals surface area (Å²) in [4.78, 5) is 0.389. The first kappa shape index (κ1) is 18.2. The van der Waals surface area contributed by atoms with Crippen LogP contribution < -0.4 is 5.32 Å². The number of hydrogen-bond donors (Lipinski definition) is 1. The molecule has 1 N–H and O–H groups in total. The first-order valence-corrected chi connectivity index (χ1v) is 9.20. The van der Waals surface area contributed by atoms with Crippen molar-refractivity contribution in [2.45, 2.75) is 58.0 Å². The molecule has 0 amide bonds. The van der Waals surface area contributed by atoms with Crippen molar-refractivity contribution in [3.8, 4) is 0 Å². The Labute approximate surface area is 129 Å². The second-order valence-electron chi connectivity index (χ2n) is 5.42. The largest absolute Gasteiger partial charge is 0.352 e. The molecule has 0 aliphatic heterocycles. The van der Waals surface area contributed by atoms with Crippen LogP contribution in [0.1, 0.15) is 46.2 Å². The zero-order valence-corrected chi connectivity index (χ0v) is 14.7. The fourth-order valence-electron chi connectivity index (χ4n) is 2.34. The van der Waals surface area contributed by atoms with Crippen LogP contribution in [0.5, 0.6) is 0 Å². The van der Waals surface area contributed by atoms with Gasteiger partial charge in [0.25, 0.3) is 0 Å². The highest BCUT2D eigenvalue weighted by Crippen LogP contribution is 2.21. The molecule has 1 aromatic heterocycles. The topological polar surface area (TPSA) is 54.3 Å². The van der Waals surface area contributed by atoms with Crippen LogP contribution in [0.4, 0.5) is 0 Å². The lowest BCUT2D eigenvalue weighted by Crippen LogP contribution is -2.37. The number of nitrogens with zero attached hydrogens (tertiary/aromatic N) is 2. The Bertz CT molecular complexity index is 537. The quantitative estimate of drug-likeness (QED) is 0.712. The lowest BCUT2D eigenvalue weighted by molar-refractivity contribution is 0.342. The maximum Gasteiger partial charge on any atom is 0.244 e. The average molecular weight is 315 g/mol. The van der Waals surface area contributed by atoms with Crippen molar-refractivity contribution in [3.63, 3.8) is 0 Å². The SMILES string of the molecule is CCCNCc1cc(S(=O)(=O)N(CC)C(C)CC)cn1C. The molecule has 0 saturated heterocycles. The number of aromatic nitrogens is 1. The molecule has 0 aliphatic rings. The van der Waals surface area contributed by atoms with Crippen LogP contribution in [0.2, 0.25) is 0 Å². The summed E-state index contributed by atoms with van der Waals surface area (Å²) in [7, 11) is -1.52. The third kappa shape index (κ3) is 4.31. The Morgan fingerprint density at radius 1 is 1.33 bits per heavy atom. The molecule has 21 heavy (non-hydrogen) atoms. The molecule has 1 rings (SSSR count). The fraction of sp³-hybridized carbons (Fsp3) is 0.733. The number of rotatable bonds is 9. The molecule has 122 valence electrons. The van der Waals surface area contributed by atoms with Crippen LogP contribution in [0.15, 0.2) is 17.2 Å².